The van der Waals surface area contributed by atoms with Crippen LogP contribution in [0.2, 0.25) is 0 Å². The van der Waals surface area contributed by atoms with Crippen molar-refractivity contribution in [2.75, 3.05) is 19.8 Å². The smallest absolute Gasteiger partial charge is 0.124 e. The van der Waals surface area contributed by atoms with Crippen LogP contribution in [0.3, 0.4) is 0 Å². The topological polar surface area (TPSA) is 44.5 Å². The van der Waals surface area contributed by atoms with Gasteiger partial charge in [0.25, 0.3) is 0 Å². The Hall–Kier alpha value is -0.580. The van der Waals surface area contributed by atoms with Crippen molar-refractivity contribution >= 4 is 15.9 Å². The summed E-state index contributed by atoms with van der Waals surface area (Å²) >= 11 is 3.50. The van der Waals surface area contributed by atoms with E-state index in [1.54, 1.807) is 0 Å². The second-order valence-corrected chi connectivity index (χ2v) is 5.53. The highest BCUT2D eigenvalue weighted by molar-refractivity contribution is 9.10. The van der Waals surface area contributed by atoms with Crippen molar-refractivity contribution in [3.8, 4) is 5.75 Å². The molecule has 0 saturated carbocycles. The molecule has 100 valence electrons. The van der Waals surface area contributed by atoms with E-state index in [0.29, 0.717) is 12.5 Å². The molecule has 4 heteroatoms. The highest BCUT2D eigenvalue weighted by atomic mass is 79.9. The largest absolute Gasteiger partial charge is 0.494 e. The lowest BCUT2D eigenvalue weighted by molar-refractivity contribution is 0.0444. The van der Waals surface area contributed by atoms with Gasteiger partial charge in [-0.25, -0.2) is 0 Å². The van der Waals surface area contributed by atoms with E-state index in [2.05, 4.69) is 22.0 Å². The standard InChI is InChI=1S/C14H20BrNO2/c1-2-18-13-6-5-11(15)8-12(13)14(16)10-4-3-7-17-9-10/h5-6,8,10,14H,2-4,7,9,16H2,1H3. The zero-order valence-electron chi connectivity index (χ0n) is 10.7. The molecule has 1 aliphatic heterocycles. The first-order valence-corrected chi connectivity index (χ1v) is 7.27. The van der Waals surface area contributed by atoms with Gasteiger partial charge in [-0.15, -0.1) is 0 Å². The zero-order valence-corrected chi connectivity index (χ0v) is 12.3. The summed E-state index contributed by atoms with van der Waals surface area (Å²) in [5.41, 5.74) is 7.46. The molecule has 1 saturated heterocycles. The first kappa shape index (κ1) is 13.8. The van der Waals surface area contributed by atoms with E-state index in [-0.39, 0.29) is 6.04 Å². The number of hydrogen-bond acceptors (Lipinski definition) is 3. The van der Waals surface area contributed by atoms with E-state index in [1.165, 1.54) is 0 Å². The van der Waals surface area contributed by atoms with Crippen molar-refractivity contribution < 1.29 is 9.47 Å². The van der Waals surface area contributed by atoms with Crippen LogP contribution in [-0.4, -0.2) is 19.8 Å². The Bertz CT molecular complexity index is 391. The summed E-state index contributed by atoms with van der Waals surface area (Å²) in [6, 6.07) is 6.00. The lowest BCUT2D eigenvalue weighted by Gasteiger charge is -2.29. The maximum Gasteiger partial charge on any atom is 0.124 e. The summed E-state index contributed by atoms with van der Waals surface area (Å²) in [4.78, 5) is 0. The average Bonchev–Trinajstić information content (AvgIpc) is 2.41. The van der Waals surface area contributed by atoms with Gasteiger partial charge < -0.3 is 15.2 Å². The molecular weight excluding hydrogens is 294 g/mol. The van der Waals surface area contributed by atoms with Crippen molar-refractivity contribution in [1.29, 1.82) is 0 Å². The fourth-order valence-corrected chi connectivity index (χ4v) is 2.75. The van der Waals surface area contributed by atoms with Crippen molar-refractivity contribution in [3.63, 3.8) is 0 Å². The molecule has 0 aliphatic carbocycles. The highest BCUT2D eigenvalue weighted by Gasteiger charge is 2.25. The lowest BCUT2D eigenvalue weighted by atomic mass is 9.89. The molecule has 0 bridgehead atoms. The summed E-state index contributed by atoms with van der Waals surface area (Å²) in [7, 11) is 0. The van der Waals surface area contributed by atoms with E-state index >= 15 is 0 Å². The molecular formula is C14H20BrNO2. The van der Waals surface area contributed by atoms with Gasteiger partial charge in [-0.1, -0.05) is 15.9 Å². The summed E-state index contributed by atoms with van der Waals surface area (Å²) in [6.07, 6.45) is 2.22. The fourth-order valence-electron chi connectivity index (χ4n) is 2.37. The SMILES string of the molecule is CCOc1ccc(Br)cc1C(N)C1CCCOC1. The number of rotatable bonds is 4. The van der Waals surface area contributed by atoms with Gasteiger partial charge in [-0.3, -0.25) is 0 Å². The third-order valence-corrected chi connectivity index (χ3v) is 3.83. The molecule has 1 aromatic rings. The average molecular weight is 314 g/mol. The van der Waals surface area contributed by atoms with Crippen LogP contribution in [0.25, 0.3) is 0 Å². The maximum absolute atomic E-state index is 6.39. The number of ether oxygens (including phenoxy) is 2. The van der Waals surface area contributed by atoms with E-state index < -0.39 is 0 Å². The van der Waals surface area contributed by atoms with Gasteiger partial charge in [0.2, 0.25) is 0 Å². The molecule has 3 nitrogen and oxygen atoms in total. The van der Waals surface area contributed by atoms with Crippen LogP contribution in [0.4, 0.5) is 0 Å². The first-order valence-electron chi connectivity index (χ1n) is 6.48. The van der Waals surface area contributed by atoms with Crippen molar-refractivity contribution in [1.82, 2.24) is 0 Å². The van der Waals surface area contributed by atoms with Crippen LogP contribution in [0.1, 0.15) is 31.4 Å². The van der Waals surface area contributed by atoms with Crippen LogP contribution < -0.4 is 10.5 Å². The first-order chi connectivity index (χ1) is 8.72. The number of hydrogen-bond donors (Lipinski definition) is 1. The van der Waals surface area contributed by atoms with Crippen LogP contribution in [0, 0.1) is 5.92 Å². The van der Waals surface area contributed by atoms with Gasteiger partial charge in [0.05, 0.1) is 13.2 Å². The van der Waals surface area contributed by atoms with Gasteiger partial charge in [0.15, 0.2) is 0 Å². The van der Waals surface area contributed by atoms with E-state index in [0.717, 1.165) is 41.8 Å². The Balaban J connectivity index is 2.21. The molecule has 2 N–H and O–H groups in total. The molecule has 1 aliphatic rings. The Morgan fingerprint density at radius 2 is 2.39 bits per heavy atom. The second kappa shape index (κ2) is 6.55. The van der Waals surface area contributed by atoms with Gasteiger partial charge in [-0.2, -0.15) is 0 Å². The van der Waals surface area contributed by atoms with Crippen molar-refractivity contribution in [3.05, 3.63) is 28.2 Å². The van der Waals surface area contributed by atoms with Gasteiger partial charge in [0, 0.05) is 28.6 Å². The van der Waals surface area contributed by atoms with Crippen LogP contribution in [-0.2, 0) is 4.74 Å². The van der Waals surface area contributed by atoms with Gasteiger partial charge in [-0.05, 0) is 38.0 Å². The van der Waals surface area contributed by atoms with E-state index in [4.69, 9.17) is 15.2 Å². The monoisotopic (exact) mass is 313 g/mol. The summed E-state index contributed by atoms with van der Waals surface area (Å²) in [5, 5.41) is 0. The minimum atomic E-state index is -0.0238. The number of nitrogens with two attached hydrogens (primary N) is 1. The van der Waals surface area contributed by atoms with Crippen LogP contribution in [0.15, 0.2) is 22.7 Å². The predicted octanol–water partition coefficient (Wildman–Crippen LogP) is 3.27. The molecule has 18 heavy (non-hydrogen) atoms. The minimum absolute atomic E-state index is 0.0238. The Kier molecular flexibility index (Phi) is 5.03. The molecule has 0 spiro atoms. The molecule has 2 unspecified atom stereocenters. The minimum Gasteiger partial charge on any atom is -0.494 e. The summed E-state index contributed by atoms with van der Waals surface area (Å²) < 4.78 is 12.2. The fraction of sp³-hybridized carbons (Fsp3) is 0.571. The maximum atomic E-state index is 6.39. The van der Waals surface area contributed by atoms with Crippen LogP contribution in [0.5, 0.6) is 5.75 Å². The normalized spacial score (nSPS) is 21.6. The predicted molar refractivity (Wildman–Crippen MR) is 75.8 cm³/mol. The van der Waals surface area contributed by atoms with Crippen molar-refractivity contribution in [2.24, 2.45) is 11.7 Å². The third-order valence-electron chi connectivity index (χ3n) is 3.33. The Labute approximate surface area is 117 Å². The van der Waals surface area contributed by atoms with Gasteiger partial charge >= 0.3 is 0 Å². The Morgan fingerprint density at radius 3 is 3.06 bits per heavy atom. The second-order valence-electron chi connectivity index (χ2n) is 4.62. The molecule has 1 aromatic carbocycles. The number of benzene rings is 1. The third kappa shape index (κ3) is 3.25. The molecule has 2 atom stereocenters. The zero-order chi connectivity index (χ0) is 13.0. The lowest BCUT2D eigenvalue weighted by Crippen LogP contribution is -2.29. The Morgan fingerprint density at radius 1 is 1.56 bits per heavy atom. The molecule has 0 amide bonds. The van der Waals surface area contributed by atoms with Crippen LogP contribution >= 0.6 is 15.9 Å². The van der Waals surface area contributed by atoms with E-state index in [9.17, 15) is 0 Å². The van der Waals surface area contributed by atoms with E-state index in [1.807, 2.05) is 19.1 Å². The molecule has 0 radical (unpaired) electrons. The van der Waals surface area contributed by atoms with Gasteiger partial charge in [0.1, 0.15) is 5.75 Å². The molecule has 2 rings (SSSR count). The summed E-state index contributed by atoms with van der Waals surface area (Å²) in [6.45, 7) is 4.25. The number of halogens is 1. The van der Waals surface area contributed by atoms with Crippen molar-refractivity contribution in [2.45, 2.75) is 25.8 Å². The molecule has 1 fully saturated rings. The summed E-state index contributed by atoms with van der Waals surface area (Å²) in [5.74, 6) is 1.27. The highest BCUT2D eigenvalue weighted by Crippen LogP contribution is 2.34. The quantitative estimate of drug-likeness (QED) is 0.927. The molecule has 0 aromatic heterocycles. The molecule has 1 heterocycles.